The van der Waals surface area contributed by atoms with E-state index in [0.29, 0.717) is 5.56 Å². The van der Waals surface area contributed by atoms with Crippen LogP contribution in [0.3, 0.4) is 0 Å². The minimum absolute atomic E-state index is 0.0352. The SMILES string of the molecule is Cc1c(C(=O)NCc2cnc(-n3cc(CCCN4CCCCC4)cn3)s2)ccc2c1NC(=O)c1ccccc1S2(=O)=O. The van der Waals surface area contributed by atoms with E-state index in [1.54, 1.807) is 29.9 Å². The molecule has 0 aliphatic carbocycles. The monoisotopic (exact) mass is 604 g/mol. The van der Waals surface area contributed by atoms with Crippen LogP contribution >= 0.6 is 11.3 Å². The lowest BCUT2D eigenvalue weighted by Gasteiger charge is -2.26. The topological polar surface area (TPSA) is 126 Å². The summed E-state index contributed by atoms with van der Waals surface area (Å²) in [6.45, 7) is 5.40. The van der Waals surface area contributed by atoms with Crippen molar-refractivity contribution >= 4 is 38.7 Å². The lowest BCUT2D eigenvalue weighted by Crippen LogP contribution is -2.30. The Labute approximate surface area is 248 Å². The third-order valence-electron chi connectivity index (χ3n) is 7.81. The number of fused-ring (bicyclic) bond motifs is 2. The molecule has 12 heteroatoms. The number of nitrogens with one attached hydrogen (secondary N) is 2. The molecule has 2 aromatic carbocycles. The molecule has 2 aliphatic heterocycles. The maximum atomic E-state index is 13.3. The predicted molar refractivity (Wildman–Crippen MR) is 160 cm³/mol. The van der Waals surface area contributed by atoms with Crippen LogP contribution in [-0.4, -0.2) is 59.5 Å². The number of aromatic nitrogens is 3. The Balaban J connectivity index is 1.10. The van der Waals surface area contributed by atoms with Crippen molar-refractivity contribution in [3.8, 4) is 5.13 Å². The summed E-state index contributed by atoms with van der Waals surface area (Å²) in [7, 11) is -3.96. The van der Waals surface area contributed by atoms with Gasteiger partial charge in [0.05, 0.1) is 33.8 Å². The third kappa shape index (κ3) is 5.61. The van der Waals surface area contributed by atoms with E-state index in [4.69, 9.17) is 0 Å². The molecule has 1 saturated heterocycles. The average Bonchev–Trinajstić information content (AvgIpc) is 3.65. The van der Waals surface area contributed by atoms with Gasteiger partial charge in [-0.15, -0.1) is 0 Å². The van der Waals surface area contributed by atoms with Crippen molar-refractivity contribution in [2.75, 3.05) is 25.0 Å². The summed E-state index contributed by atoms with van der Waals surface area (Å²) in [5.41, 5.74) is 2.02. The number of piperidine rings is 1. The van der Waals surface area contributed by atoms with Crippen LogP contribution in [0.2, 0.25) is 0 Å². The molecule has 0 saturated carbocycles. The van der Waals surface area contributed by atoms with Gasteiger partial charge in [0.25, 0.3) is 11.8 Å². The molecule has 4 aromatic rings. The zero-order chi connectivity index (χ0) is 29.3. The molecule has 0 unspecified atom stereocenters. The highest BCUT2D eigenvalue weighted by atomic mass is 32.2. The maximum Gasteiger partial charge on any atom is 0.257 e. The zero-order valence-electron chi connectivity index (χ0n) is 23.3. The van der Waals surface area contributed by atoms with Gasteiger partial charge >= 0.3 is 0 Å². The number of carbonyl (C=O) groups is 2. The van der Waals surface area contributed by atoms with Gasteiger partial charge in [0.1, 0.15) is 0 Å². The molecule has 10 nitrogen and oxygen atoms in total. The molecule has 2 amide bonds. The van der Waals surface area contributed by atoms with E-state index < -0.39 is 15.7 Å². The first-order chi connectivity index (χ1) is 20.3. The minimum Gasteiger partial charge on any atom is -0.347 e. The number of anilines is 1. The van der Waals surface area contributed by atoms with Crippen molar-refractivity contribution in [3.63, 3.8) is 0 Å². The Morgan fingerprint density at radius 3 is 2.71 bits per heavy atom. The minimum atomic E-state index is -3.96. The predicted octanol–water partition coefficient (Wildman–Crippen LogP) is 4.38. The Morgan fingerprint density at radius 2 is 1.88 bits per heavy atom. The highest BCUT2D eigenvalue weighted by molar-refractivity contribution is 7.91. The Hall–Kier alpha value is -3.87. The molecule has 0 atom stereocenters. The van der Waals surface area contributed by atoms with Crippen molar-refractivity contribution in [2.24, 2.45) is 0 Å². The zero-order valence-corrected chi connectivity index (χ0v) is 24.9. The van der Waals surface area contributed by atoms with Crippen molar-refractivity contribution in [2.45, 2.75) is 55.4 Å². The van der Waals surface area contributed by atoms with Crippen molar-refractivity contribution in [1.82, 2.24) is 25.0 Å². The summed E-state index contributed by atoms with van der Waals surface area (Å²) in [6.07, 6.45) is 11.6. The lowest BCUT2D eigenvalue weighted by atomic mass is 10.1. The molecule has 6 rings (SSSR count). The van der Waals surface area contributed by atoms with E-state index in [0.717, 1.165) is 29.4 Å². The summed E-state index contributed by atoms with van der Waals surface area (Å²) < 4.78 is 28.4. The Morgan fingerprint density at radius 1 is 1.07 bits per heavy atom. The second-order valence-electron chi connectivity index (χ2n) is 10.7. The van der Waals surface area contributed by atoms with Gasteiger partial charge in [-0.2, -0.15) is 5.10 Å². The molecule has 1 fully saturated rings. The van der Waals surface area contributed by atoms with Gasteiger partial charge in [-0.25, -0.2) is 18.1 Å². The molecule has 218 valence electrons. The van der Waals surface area contributed by atoms with Crippen LogP contribution in [0.5, 0.6) is 0 Å². The molecule has 4 heterocycles. The highest BCUT2D eigenvalue weighted by Gasteiger charge is 2.33. The number of sulfone groups is 1. The van der Waals surface area contributed by atoms with Crippen LogP contribution in [-0.2, 0) is 22.8 Å². The van der Waals surface area contributed by atoms with Gasteiger partial charge in [0.2, 0.25) is 15.0 Å². The third-order valence-corrected chi connectivity index (χ3v) is 10.6. The average molecular weight is 605 g/mol. The fourth-order valence-corrected chi connectivity index (χ4v) is 7.98. The molecule has 2 aromatic heterocycles. The van der Waals surface area contributed by atoms with Gasteiger partial charge in [-0.1, -0.05) is 29.9 Å². The summed E-state index contributed by atoms with van der Waals surface area (Å²) in [6, 6.07) is 8.94. The van der Waals surface area contributed by atoms with Crippen LogP contribution in [0.25, 0.3) is 5.13 Å². The standard InChI is InChI=1S/C30H32N6O4S2/c1-20-23(11-12-26-27(20)34-29(38)24-9-3-4-10-25(24)42(26,39)40)28(37)31-17-22-18-32-30(41-22)36-19-21(16-33-36)8-7-15-35-13-5-2-6-14-35/h3-4,9-12,16,18-19H,2,5-8,13-15,17H2,1H3,(H,31,37)(H,34,38). The van der Waals surface area contributed by atoms with Crippen LogP contribution in [0.4, 0.5) is 5.69 Å². The van der Waals surface area contributed by atoms with Crippen molar-refractivity contribution in [1.29, 1.82) is 0 Å². The van der Waals surface area contributed by atoms with Gasteiger partial charge in [-0.05, 0) is 87.6 Å². The van der Waals surface area contributed by atoms with Crippen molar-refractivity contribution < 1.29 is 18.0 Å². The molecule has 42 heavy (non-hydrogen) atoms. The maximum absolute atomic E-state index is 13.3. The first-order valence-electron chi connectivity index (χ1n) is 14.1. The molecular formula is C30H32N6O4S2. The summed E-state index contributed by atoms with van der Waals surface area (Å²) in [5, 5.41) is 10.8. The second-order valence-corrected chi connectivity index (χ2v) is 13.6. The van der Waals surface area contributed by atoms with Crippen molar-refractivity contribution in [3.05, 3.63) is 82.1 Å². The number of hydrogen-bond donors (Lipinski definition) is 2. The quantitative estimate of drug-likeness (QED) is 0.306. The van der Waals surface area contributed by atoms with E-state index in [1.807, 2.05) is 12.4 Å². The number of amides is 2. The van der Waals surface area contributed by atoms with E-state index in [2.05, 4.69) is 25.6 Å². The molecule has 2 aliphatic rings. The van der Waals surface area contributed by atoms with E-state index >= 15 is 0 Å². The van der Waals surface area contributed by atoms with Crippen LogP contribution in [0, 0.1) is 6.92 Å². The Kier molecular flexibility index (Phi) is 7.93. The molecule has 0 bridgehead atoms. The lowest BCUT2D eigenvalue weighted by molar-refractivity contribution is 0.0949. The largest absolute Gasteiger partial charge is 0.347 e. The van der Waals surface area contributed by atoms with E-state index in [-0.39, 0.29) is 39.1 Å². The number of benzene rings is 2. The number of hydrogen-bond acceptors (Lipinski definition) is 8. The fourth-order valence-electron chi connectivity index (χ4n) is 5.53. The second kappa shape index (κ2) is 11.8. The number of thiazole rings is 1. The van der Waals surface area contributed by atoms with Gasteiger partial charge in [-0.3, -0.25) is 9.59 Å². The van der Waals surface area contributed by atoms with Gasteiger partial charge < -0.3 is 15.5 Å². The van der Waals surface area contributed by atoms with Crippen LogP contribution in [0.15, 0.2) is 64.8 Å². The van der Waals surface area contributed by atoms with E-state index in [9.17, 15) is 18.0 Å². The number of aryl methyl sites for hydroxylation is 1. The smallest absolute Gasteiger partial charge is 0.257 e. The fraction of sp³-hybridized carbons (Fsp3) is 0.333. The summed E-state index contributed by atoms with van der Waals surface area (Å²) >= 11 is 1.44. The van der Waals surface area contributed by atoms with E-state index in [1.165, 1.54) is 73.5 Å². The molecule has 2 N–H and O–H groups in total. The van der Waals surface area contributed by atoms with Gasteiger partial charge in [0, 0.05) is 22.8 Å². The first kappa shape index (κ1) is 28.3. The molecule has 0 radical (unpaired) electrons. The van der Waals surface area contributed by atoms with Crippen LogP contribution < -0.4 is 10.6 Å². The number of nitrogens with zero attached hydrogens (tertiary/aromatic N) is 4. The summed E-state index contributed by atoms with van der Waals surface area (Å²) in [5.74, 6) is -0.914. The highest BCUT2D eigenvalue weighted by Crippen LogP contribution is 2.36. The first-order valence-corrected chi connectivity index (χ1v) is 16.4. The van der Waals surface area contributed by atoms with Gasteiger partial charge in [0.15, 0.2) is 0 Å². The summed E-state index contributed by atoms with van der Waals surface area (Å²) in [4.78, 5) is 33.8. The number of carbonyl (C=O) groups excluding carboxylic acids is 2. The number of likely N-dealkylation sites (tertiary alicyclic amines) is 1. The molecule has 0 spiro atoms. The number of rotatable bonds is 8. The Bertz CT molecular complexity index is 1750. The van der Waals surface area contributed by atoms with Crippen LogP contribution in [0.1, 0.15) is 62.4 Å². The molecular weight excluding hydrogens is 573 g/mol. The normalized spacial score (nSPS) is 16.3.